The van der Waals surface area contributed by atoms with Gasteiger partial charge < -0.3 is 20.7 Å². The number of nitriles is 1. The maximum absolute atomic E-state index is 12.3. The fourth-order valence-corrected chi connectivity index (χ4v) is 2.76. The first-order valence-electron chi connectivity index (χ1n) is 9.26. The molecule has 0 bridgehead atoms. The highest BCUT2D eigenvalue weighted by Crippen LogP contribution is 2.39. The number of ether oxygens (including phenoxy) is 1. The van der Waals surface area contributed by atoms with Crippen molar-refractivity contribution in [3.63, 3.8) is 0 Å². The molecule has 0 aliphatic heterocycles. The van der Waals surface area contributed by atoms with E-state index in [-0.39, 0.29) is 11.8 Å². The predicted octanol–water partition coefficient (Wildman–Crippen LogP) is 2.18. The van der Waals surface area contributed by atoms with Gasteiger partial charge in [-0.1, -0.05) is 32.0 Å². The number of amides is 3. The number of rotatable bonds is 8. The van der Waals surface area contributed by atoms with Crippen LogP contribution in [0.4, 0.5) is 10.5 Å². The smallest absolute Gasteiger partial charge is 0.329 e. The van der Waals surface area contributed by atoms with Crippen molar-refractivity contribution in [2.24, 2.45) is 11.8 Å². The molecule has 1 aliphatic carbocycles. The Morgan fingerprint density at radius 1 is 1.25 bits per heavy atom. The first-order chi connectivity index (χ1) is 13.2. The van der Waals surface area contributed by atoms with Crippen molar-refractivity contribution < 1.29 is 19.1 Å². The van der Waals surface area contributed by atoms with Gasteiger partial charge in [0.25, 0.3) is 5.91 Å². The molecule has 1 fully saturated rings. The SMILES string of the molecule is CC(C)[C@H](NC(=O)Nc1ccccc1)C(=O)OCC(=O)N[C@](C)(C#N)C1CC1. The summed E-state index contributed by atoms with van der Waals surface area (Å²) in [6.07, 6.45) is 1.78. The van der Waals surface area contributed by atoms with Crippen molar-refractivity contribution in [3.8, 4) is 6.07 Å². The second-order valence-corrected chi connectivity index (χ2v) is 7.43. The van der Waals surface area contributed by atoms with Gasteiger partial charge in [0.1, 0.15) is 11.6 Å². The first-order valence-corrected chi connectivity index (χ1v) is 9.26. The second kappa shape index (κ2) is 9.22. The van der Waals surface area contributed by atoms with E-state index in [2.05, 4.69) is 22.0 Å². The summed E-state index contributed by atoms with van der Waals surface area (Å²) < 4.78 is 5.07. The average molecular weight is 386 g/mol. The Labute approximate surface area is 164 Å². The van der Waals surface area contributed by atoms with Gasteiger partial charge in [0.2, 0.25) is 0 Å². The summed E-state index contributed by atoms with van der Waals surface area (Å²) in [6.45, 7) is 4.67. The fourth-order valence-electron chi connectivity index (χ4n) is 2.76. The van der Waals surface area contributed by atoms with E-state index in [4.69, 9.17) is 4.74 Å². The predicted molar refractivity (Wildman–Crippen MR) is 103 cm³/mol. The fraction of sp³-hybridized carbons (Fsp3) is 0.500. The van der Waals surface area contributed by atoms with Gasteiger partial charge in [-0.15, -0.1) is 0 Å². The molecule has 2 rings (SSSR count). The van der Waals surface area contributed by atoms with Crippen LogP contribution >= 0.6 is 0 Å². The molecule has 28 heavy (non-hydrogen) atoms. The standard InChI is InChI=1S/C20H26N4O4/c1-13(2)17(23-19(27)22-15-7-5-4-6-8-15)18(26)28-11-16(25)24-20(3,12-21)14-9-10-14/h4-8,13-14,17H,9-11H2,1-3H3,(H,24,25)(H2,22,23,27)/t17-,20+/m0/s1. The number of urea groups is 1. The molecule has 2 atom stereocenters. The lowest BCUT2D eigenvalue weighted by atomic mass is 9.98. The van der Waals surface area contributed by atoms with Crippen LogP contribution in [-0.4, -0.2) is 36.1 Å². The Bertz CT molecular complexity index is 755. The number of carbonyl (C=O) groups is 3. The molecule has 1 aromatic rings. The molecule has 8 nitrogen and oxygen atoms in total. The molecule has 1 saturated carbocycles. The summed E-state index contributed by atoms with van der Waals surface area (Å²) in [4.78, 5) is 36.6. The van der Waals surface area contributed by atoms with E-state index in [1.165, 1.54) is 0 Å². The third-order valence-corrected chi connectivity index (χ3v) is 4.61. The first kappa shape index (κ1) is 21.2. The van der Waals surface area contributed by atoms with Gasteiger partial charge in [-0.25, -0.2) is 9.59 Å². The molecular formula is C20H26N4O4. The van der Waals surface area contributed by atoms with Gasteiger partial charge in [0.15, 0.2) is 6.61 Å². The zero-order chi connectivity index (χ0) is 20.7. The number of nitrogens with zero attached hydrogens (tertiary/aromatic N) is 1. The third kappa shape index (κ3) is 5.98. The minimum Gasteiger partial charge on any atom is -0.454 e. The number of anilines is 1. The molecule has 0 unspecified atom stereocenters. The van der Waals surface area contributed by atoms with Gasteiger partial charge in [0.05, 0.1) is 6.07 Å². The minimum atomic E-state index is -0.950. The number of esters is 1. The Morgan fingerprint density at radius 2 is 1.89 bits per heavy atom. The molecule has 0 aromatic heterocycles. The largest absolute Gasteiger partial charge is 0.454 e. The number of para-hydroxylation sites is 1. The summed E-state index contributed by atoms with van der Waals surface area (Å²) in [5.41, 5.74) is -0.361. The summed E-state index contributed by atoms with van der Waals surface area (Å²) in [5.74, 6) is -1.36. The Morgan fingerprint density at radius 3 is 2.43 bits per heavy atom. The van der Waals surface area contributed by atoms with Crippen LogP contribution in [0.25, 0.3) is 0 Å². The quantitative estimate of drug-likeness (QED) is 0.592. The number of hydrogen-bond donors (Lipinski definition) is 3. The molecule has 1 aliphatic rings. The van der Waals surface area contributed by atoms with Crippen molar-refractivity contribution in [2.45, 2.75) is 45.2 Å². The van der Waals surface area contributed by atoms with Crippen LogP contribution in [0.1, 0.15) is 33.6 Å². The van der Waals surface area contributed by atoms with Crippen LogP contribution in [0.15, 0.2) is 30.3 Å². The lowest BCUT2D eigenvalue weighted by Crippen LogP contribution is -2.50. The minimum absolute atomic E-state index is 0.129. The number of carbonyl (C=O) groups excluding carboxylic acids is 3. The molecule has 0 spiro atoms. The molecule has 8 heteroatoms. The molecule has 3 amide bonds. The van der Waals surface area contributed by atoms with Crippen LogP contribution < -0.4 is 16.0 Å². The Balaban J connectivity index is 1.85. The molecule has 0 saturated heterocycles. The van der Waals surface area contributed by atoms with Gasteiger partial charge in [-0.2, -0.15) is 5.26 Å². The molecular weight excluding hydrogens is 360 g/mol. The normalized spacial score (nSPS) is 16.2. The zero-order valence-corrected chi connectivity index (χ0v) is 16.3. The van der Waals surface area contributed by atoms with E-state index < -0.39 is 36.1 Å². The van der Waals surface area contributed by atoms with Crippen molar-refractivity contribution in [2.75, 3.05) is 11.9 Å². The van der Waals surface area contributed by atoms with Crippen LogP contribution in [0.3, 0.4) is 0 Å². The molecule has 0 radical (unpaired) electrons. The molecule has 150 valence electrons. The maximum atomic E-state index is 12.3. The number of hydrogen-bond acceptors (Lipinski definition) is 5. The van der Waals surface area contributed by atoms with Gasteiger partial charge in [-0.05, 0) is 43.7 Å². The van der Waals surface area contributed by atoms with Gasteiger partial charge in [-0.3, -0.25) is 4.79 Å². The van der Waals surface area contributed by atoms with E-state index >= 15 is 0 Å². The summed E-state index contributed by atoms with van der Waals surface area (Å²) in [5, 5.41) is 17.1. The highest BCUT2D eigenvalue weighted by molar-refractivity contribution is 5.93. The van der Waals surface area contributed by atoms with Crippen molar-refractivity contribution >= 4 is 23.6 Å². The third-order valence-electron chi connectivity index (χ3n) is 4.61. The van der Waals surface area contributed by atoms with E-state index in [0.29, 0.717) is 5.69 Å². The maximum Gasteiger partial charge on any atom is 0.329 e. The molecule has 3 N–H and O–H groups in total. The lowest BCUT2D eigenvalue weighted by molar-refractivity contribution is -0.151. The van der Waals surface area contributed by atoms with Crippen LogP contribution in [-0.2, 0) is 14.3 Å². The summed E-state index contributed by atoms with van der Waals surface area (Å²) in [7, 11) is 0. The number of benzene rings is 1. The van der Waals surface area contributed by atoms with E-state index in [9.17, 15) is 19.6 Å². The highest BCUT2D eigenvalue weighted by Gasteiger charge is 2.43. The summed E-state index contributed by atoms with van der Waals surface area (Å²) >= 11 is 0. The molecule has 1 aromatic carbocycles. The lowest BCUT2D eigenvalue weighted by Gasteiger charge is -2.24. The summed E-state index contributed by atoms with van der Waals surface area (Å²) in [6, 6.07) is 9.47. The van der Waals surface area contributed by atoms with Crippen LogP contribution in [0, 0.1) is 23.2 Å². The Kier molecular flexibility index (Phi) is 6.99. The average Bonchev–Trinajstić information content (AvgIpc) is 3.50. The van der Waals surface area contributed by atoms with Crippen molar-refractivity contribution in [3.05, 3.63) is 30.3 Å². The van der Waals surface area contributed by atoms with E-state index in [0.717, 1.165) is 12.8 Å². The van der Waals surface area contributed by atoms with Crippen molar-refractivity contribution in [1.29, 1.82) is 5.26 Å². The number of nitrogens with one attached hydrogen (secondary N) is 3. The van der Waals surface area contributed by atoms with Crippen LogP contribution in [0.2, 0.25) is 0 Å². The van der Waals surface area contributed by atoms with Crippen molar-refractivity contribution in [1.82, 2.24) is 10.6 Å². The monoisotopic (exact) mass is 386 g/mol. The van der Waals surface area contributed by atoms with Gasteiger partial charge >= 0.3 is 12.0 Å². The molecule has 0 heterocycles. The van der Waals surface area contributed by atoms with E-state index in [1.807, 2.05) is 6.07 Å². The highest BCUT2D eigenvalue weighted by atomic mass is 16.5. The topological polar surface area (TPSA) is 120 Å². The zero-order valence-electron chi connectivity index (χ0n) is 16.3. The second-order valence-electron chi connectivity index (χ2n) is 7.43. The Hall–Kier alpha value is -3.08. The van der Waals surface area contributed by atoms with Gasteiger partial charge in [0, 0.05) is 5.69 Å². The van der Waals surface area contributed by atoms with E-state index in [1.54, 1.807) is 45.0 Å². The van der Waals surface area contributed by atoms with Crippen LogP contribution in [0.5, 0.6) is 0 Å².